The number of anilines is 1. The summed E-state index contributed by atoms with van der Waals surface area (Å²) in [5.41, 5.74) is 9.14. The summed E-state index contributed by atoms with van der Waals surface area (Å²) in [7, 11) is 1.63. The maximum Gasteiger partial charge on any atom is 0.140 e. The third kappa shape index (κ3) is 2.11. The van der Waals surface area contributed by atoms with Gasteiger partial charge >= 0.3 is 0 Å². The zero-order valence-electron chi connectivity index (χ0n) is 10.3. The van der Waals surface area contributed by atoms with E-state index in [0.29, 0.717) is 16.5 Å². The van der Waals surface area contributed by atoms with E-state index in [9.17, 15) is 0 Å². The minimum atomic E-state index is 0.627. The first-order valence-electron chi connectivity index (χ1n) is 5.76. The van der Waals surface area contributed by atoms with Gasteiger partial charge in [-0.3, -0.25) is 0 Å². The van der Waals surface area contributed by atoms with Crippen molar-refractivity contribution >= 4 is 28.3 Å². The number of hydrogen-bond donors (Lipinski definition) is 2. The fraction of sp³-hybridized carbons (Fsp3) is 0.0714. The number of halogens is 1. The topological polar surface area (TPSA) is 63.9 Å². The Bertz CT molecular complexity index is 752. The van der Waals surface area contributed by atoms with Crippen LogP contribution in [0.5, 0.6) is 5.75 Å². The summed E-state index contributed by atoms with van der Waals surface area (Å²) >= 11 is 6.00. The van der Waals surface area contributed by atoms with Gasteiger partial charge in [-0.1, -0.05) is 11.6 Å². The Morgan fingerprint density at radius 1 is 1.21 bits per heavy atom. The largest absolute Gasteiger partial charge is 0.497 e. The van der Waals surface area contributed by atoms with Crippen LogP contribution in [0.1, 0.15) is 0 Å². The first-order valence-corrected chi connectivity index (χ1v) is 6.14. The molecule has 1 heterocycles. The van der Waals surface area contributed by atoms with Crippen LogP contribution < -0.4 is 10.5 Å². The van der Waals surface area contributed by atoms with Gasteiger partial charge in [-0.05, 0) is 30.3 Å². The van der Waals surface area contributed by atoms with Crippen molar-refractivity contribution in [1.82, 2.24) is 9.97 Å². The van der Waals surface area contributed by atoms with Gasteiger partial charge in [0.1, 0.15) is 11.6 Å². The minimum Gasteiger partial charge on any atom is -0.497 e. The molecule has 0 aliphatic rings. The van der Waals surface area contributed by atoms with Gasteiger partial charge in [0.2, 0.25) is 0 Å². The number of rotatable bonds is 2. The Balaban J connectivity index is 2.17. The molecule has 0 saturated carbocycles. The number of nitrogen functional groups attached to an aromatic ring is 1. The molecule has 0 bridgehead atoms. The molecule has 5 heteroatoms. The van der Waals surface area contributed by atoms with Gasteiger partial charge in [0.25, 0.3) is 0 Å². The lowest BCUT2D eigenvalue weighted by Crippen LogP contribution is -1.90. The lowest BCUT2D eigenvalue weighted by Gasteiger charge is -2.02. The molecule has 3 N–H and O–H groups in total. The van der Waals surface area contributed by atoms with Gasteiger partial charge < -0.3 is 15.5 Å². The van der Waals surface area contributed by atoms with Crippen molar-refractivity contribution in [1.29, 1.82) is 0 Å². The molecule has 0 saturated heterocycles. The molecule has 96 valence electrons. The Morgan fingerprint density at radius 2 is 2.05 bits per heavy atom. The molecule has 0 unspecified atom stereocenters. The van der Waals surface area contributed by atoms with Crippen LogP contribution >= 0.6 is 11.6 Å². The van der Waals surface area contributed by atoms with E-state index in [1.54, 1.807) is 25.3 Å². The monoisotopic (exact) mass is 273 g/mol. The summed E-state index contributed by atoms with van der Waals surface area (Å²) in [6, 6.07) is 11.0. The number of hydrogen-bond acceptors (Lipinski definition) is 3. The van der Waals surface area contributed by atoms with E-state index in [0.717, 1.165) is 22.3 Å². The molecular weight excluding hydrogens is 262 g/mol. The summed E-state index contributed by atoms with van der Waals surface area (Å²) < 4.78 is 5.19. The van der Waals surface area contributed by atoms with Crippen LogP contribution in [0.2, 0.25) is 5.02 Å². The van der Waals surface area contributed by atoms with E-state index >= 15 is 0 Å². The first kappa shape index (κ1) is 11.9. The van der Waals surface area contributed by atoms with Crippen LogP contribution in [0.4, 0.5) is 5.69 Å². The molecule has 19 heavy (non-hydrogen) atoms. The highest BCUT2D eigenvalue weighted by molar-refractivity contribution is 6.31. The van der Waals surface area contributed by atoms with Crippen LogP contribution in [0.25, 0.3) is 22.4 Å². The summed E-state index contributed by atoms with van der Waals surface area (Å²) in [5.74, 6) is 1.48. The van der Waals surface area contributed by atoms with Crippen LogP contribution in [0, 0.1) is 0 Å². The van der Waals surface area contributed by atoms with Crippen molar-refractivity contribution in [2.24, 2.45) is 0 Å². The van der Waals surface area contributed by atoms with Crippen molar-refractivity contribution in [3.8, 4) is 17.1 Å². The molecule has 0 atom stereocenters. The van der Waals surface area contributed by atoms with E-state index in [1.165, 1.54) is 0 Å². The number of H-pyrrole nitrogens is 1. The number of nitrogens with one attached hydrogen (secondary N) is 1. The van der Waals surface area contributed by atoms with Gasteiger partial charge in [-0.2, -0.15) is 0 Å². The zero-order chi connectivity index (χ0) is 13.4. The predicted molar refractivity (Wildman–Crippen MR) is 77.5 cm³/mol. The maximum atomic E-state index is 6.00. The smallest absolute Gasteiger partial charge is 0.140 e. The number of imidazole rings is 1. The van der Waals surface area contributed by atoms with Gasteiger partial charge in [0, 0.05) is 22.3 Å². The molecule has 0 radical (unpaired) electrons. The van der Waals surface area contributed by atoms with Crippen LogP contribution in [-0.2, 0) is 0 Å². The third-order valence-corrected chi connectivity index (χ3v) is 3.19. The van der Waals surface area contributed by atoms with E-state index in [-0.39, 0.29) is 0 Å². The minimum absolute atomic E-state index is 0.627. The number of nitrogens with two attached hydrogens (primary N) is 1. The van der Waals surface area contributed by atoms with E-state index < -0.39 is 0 Å². The summed E-state index contributed by atoms with van der Waals surface area (Å²) in [6.07, 6.45) is 0. The number of aromatic nitrogens is 2. The number of aromatic amines is 1. The fourth-order valence-corrected chi connectivity index (χ4v) is 2.15. The molecule has 0 aliphatic heterocycles. The number of ether oxygens (including phenoxy) is 1. The van der Waals surface area contributed by atoms with Crippen molar-refractivity contribution in [3.05, 3.63) is 41.4 Å². The van der Waals surface area contributed by atoms with Gasteiger partial charge in [-0.15, -0.1) is 0 Å². The fourth-order valence-electron chi connectivity index (χ4n) is 1.98. The number of benzene rings is 2. The Hall–Kier alpha value is -2.20. The molecule has 3 rings (SSSR count). The lowest BCUT2D eigenvalue weighted by atomic mass is 10.2. The maximum absolute atomic E-state index is 6.00. The highest BCUT2D eigenvalue weighted by atomic mass is 35.5. The average molecular weight is 274 g/mol. The van der Waals surface area contributed by atoms with Crippen LogP contribution in [-0.4, -0.2) is 17.1 Å². The zero-order valence-corrected chi connectivity index (χ0v) is 11.0. The highest BCUT2D eigenvalue weighted by Crippen LogP contribution is 2.29. The standard InChI is InChI=1S/C14H12ClN3O/c1-19-9-3-5-12-13(7-9)18-14(17-12)10-6-8(15)2-4-11(10)16/h2-7H,16H2,1H3,(H,17,18). The number of methoxy groups -OCH3 is 1. The molecule has 0 spiro atoms. The summed E-state index contributed by atoms with van der Waals surface area (Å²) in [4.78, 5) is 7.74. The SMILES string of the molecule is COc1ccc2nc(-c3cc(Cl)ccc3N)[nH]c2c1. The van der Waals surface area contributed by atoms with E-state index in [4.69, 9.17) is 22.1 Å². The van der Waals surface area contributed by atoms with Gasteiger partial charge in [0.05, 0.1) is 18.1 Å². The van der Waals surface area contributed by atoms with Crippen molar-refractivity contribution in [2.45, 2.75) is 0 Å². The first-order chi connectivity index (χ1) is 9.17. The third-order valence-electron chi connectivity index (χ3n) is 2.96. The Kier molecular flexibility index (Phi) is 2.80. The van der Waals surface area contributed by atoms with Crippen molar-refractivity contribution < 1.29 is 4.74 Å². The summed E-state index contributed by atoms with van der Waals surface area (Å²) in [5, 5.41) is 0.627. The second-order valence-electron chi connectivity index (χ2n) is 4.20. The number of fused-ring (bicyclic) bond motifs is 1. The molecule has 3 aromatic rings. The van der Waals surface area contributed by atoms with E-state index in [1.807, 2.05) is 18.2 Å². The van der Waals surface area contributed by atoms with Crippen molar-refractivity contribution in [3.63, 3.8) is 0 Å². The Morgan fingerprint density at radius 3 is 2.84 bits per heavy atom. The van der Waals surface area contributed by atoms with Crippen LogP contribution in [0.15, 0.2) is 36.4 Å². The quantitative estimate of drug-likeness (QED) is 0.703. The van der Waals surface area contributed by atoms with Gasteiger partial charge in [-0.25, -0.2) is 4.98 Å². The molecular formula is C14H12ClN3O. The molecule has 0 amide bonds. The molecule has 1 aromatic heterocycles. The van der Waals surface area contributed by atoms with E-state index in [2.05, 4.69) is 9.97 Å². The molecule has 0 fully saturated rings. The molecule has 2 aromatic carbocycles. The molecule has 0 aliphatic carbocycles. The summed E-state index contributed by atoms with van der Waals surface area (Å²) in [6.45, 7) is 0. The second kappa shape index (κ2) is 4.48. The Labute approximate surface area is 115 Å². The number of nitrogens with zero attached hydrogens (tertiary/aromatic N) is 1. The van der Waals surface area contributed by atoms with Gasteiger partial charge in [0.15, 0.2) is 0 Å². The lowest BCUT2D eigenvalue weighted by molar-refractivity contribution is 0.415. The van der Waals surface area contributed by atoms with Crippen molar-refractivity contribution in [2.75, 3.05) is 12.8 Å². The second-order valence-corrected chi connectivity index (χ2v) is 4.64. The predicted octanol–water partition coefficient (Wildman–Crippen LogP) is 3.47. The van der Waals surface area contributed by atoms with Crippen LogP contribution in [0.3, 0.4) is 0 Å². The highest BCUT2D eigenvalue weighted by Gasteiger charge is 2.09. The normalized spacial score (nSPS) is 10.8. The average Bonchev–Trinajstić information content (AvgIpc) is 2.83. The molecule has 4 nitrogen and oxygen atoms in total.